The first-order valence-corrected chi connectivity index (χ1v) is 11.6. The molecule has 6 nitrogen and oxygen atoms in total. The minimum absolute atomic E-state index is 0.0303. The van der Waals surface area contributed by atoms with Gasteiger partial charge in [0.25, 0.3) is 5.91 Å². The van der Waals surface area contributed by atoms with Crippen LogP contribution in [0.1, 0.15) is 49.0 Å². The normalized spacial score (nSPS) is 21.1. The van der Waals surface area contributed by atoms with Crippen LogP contribution in [-0.2, 0) is 11.2 Å². The molecule has 2 atom stereocenters. The van der Waals surface area contributed by atoms with Crippen molar-refractivity contribution in [2.24, 2.45) is 0 Å². The van der Waals surface area contributed by atoms with Crippen LogP contribution < -0.4 is 10.1 Å². The molecule has 2 amide bonds. The molecule has 0 aromatic heterocycles. The number of carbonyl (C=O) groups excluding carboxylic acids is 2. The first-order valence-electron chi connectivity index (χ1n) is 11.6. The van der Waals surface area contributed by atoms with Crippen molar-refractivity contribution >= 4 is 11.8 Å². The average Bonchev–Trinajstić information content (AvgIpc) is 3.09. The fourth-order valence-corrected chi connectivity index (χ4v) is 5.03. The zero-order valence-corrected chi connectivity index (χ0v) is 19.2. The zero-order chi connectivity index (χ0) is 22.7. The Labute approximate surface area is 190 Å². The van der Waals surface area contributed by atoms with Gasteiger partial charge in [0.1, 0.15) is 5.75 Å². The number of hydrogen-bond donors (Lipinski definition) is 1. The van der Waals surface area contributed by atoms with Gasteiger partial charge < -0.3 is 14.5 Å². The summed E-state index contributed by atoms with van der Waals surface area (Å²) in [5.41, 5.74) is 1.44. The van der Waals surface area contributed by atoms with Gasteiger partial charge in [-0.1, -0.05) is 37.3 Å². The maximum atomic E-state index is 13.5. The molecular formula is C26H33N3O3. The molecule has 0 radical (unpaired) electrons. The smallest absolute Gasteiger partial charge is 0.253 e. The zero-order valence-electron chi connectivity index (χ0n) is 19.2. The van der Waals surface area contributed by atoms with Gasteiger partial charge in [0.05, 0.1) is 18.8 Å². The van der Waals surface area contributed by atoms with Crippen LogP contribution in [0, 0.1) is 0 Å². The molecule has 0 aliphatic carbocycles. The lowest BCUT2D eigenvalue weighted by molar-refractivity contribution is -0.136. The Hall–Kier alpha value is -2.86. The molecule has 2 aliphatic rings. The fraction of sp³-hybridized carbons (Fsp3) is 0.462. The molecule has 1 N–H and O–H groups in total. The lowest BCUT2D eigenvalue weighted by Crippen LogP contribution is -2.61. The Morgan fingerprint density at radius 2 is 1.78 bits per heavy atom. The van der Waals surface area contributed by atoms with Crippen LogP contribution in [0.15, 0.2) is 54.6 Å². The third-order valence-corrected chi connectivity index (χ3v) is 6.97. The van der Waals surface area contributed by atoms with Gasteiger partial charge in [-0.15, -0.1) is 0 Å². The average molecular weight is 436 g/mol. The Balaban J connectivity index is 1.49. The number of nitrogens with zero attached hydrogens (tertiary/aromatic N) is 2. The minimum atomic E-state index is -0.386. The molecule has 0 saturated carbocycles. The van der Waals surface area contributed by atoms with E-state index in [9.17, 15) is 9.59 Å². The van der Waals surface area contributed by atoms with Gasteiger partial charge in [0.2, 0.25) is 5.91 Å². The first kappa shape index (κ1) is 22.3. The van der Waals surface area contributed by atoms with Gasteiger partial charge in [0.15, 0.2) is 0 Å². The number of piperidine rings is 1. The summed E-state index contributed by atoms with van der Waals surface area (Å²) in [5, 5.41) is 3.71. The second-order valence-electron chi connectivity index (χ2n) is 8.90. The van der Waals surface area contributed by atoms with Gasteiger partial charge in [-0.2, -0.15) is 0 Å². The molecule has 6 heteroatoms. The number of rotatable bonds is 6. The highest BCUT2D eigenvalue weighted by molar-refractivity contribution is 5.94. The monoisotopic (exact) mass is 435 g/mol. The minimum Gasteiger partial charge on any atom is -0.497 e. The SMILES string of the molecule is CC[C@@H](C)N1C(=O)[C@H](Cc2ccccc2)NC12CCN(C(=O)c1ccc(OC)cc1)CC2. The first-order chi connectivity index (χ1) is 15.5. The summed E-state index contributed by atoms with van der Waals surface area (Å²) >= 11 is 0. The van der Waals surface area contributed by atoms with Gasteiger partial charge in [-0.25, -0.2) is 0 Å². The van der Waals surface area contributed by atoms with Crippen molar-refractivity contribution in [3.8, 4) is 5.75 Å². The standard InChI is InChI=1S/C26H33N3O3/c1-4-19(2)29-25(31)23(18-20-8-6-5-7-9-20)27-26(29)14-16-28(17-15-26)24(30)21-10-12-22(32-3)13-11-21/h5-13,19,23,27H,4,14-18H2,1-3H3/t19-,23+/m1/s1. The molecule has 0 bridgehead atoms. The van der Waals surface area contributed by atoms with Crippen LogP contribution in [0.3, 0.4) is 0 Å². The van der Waals surface area contributed by atoms with Crippen molar-refractivity contribution < 1.29 is 14.3 Å². The highest BCUT2D eigenvalue weighted by atomic mass is 16.5. The van der Waals surface area contributed by atoms with E-state index >= 15 is 0 Å². The molecule has 2 heterocycles. The number of benzene rings is 2. The van der Waals surface area contributed by atoms with E-state index in [4.69, 9.17) is 4.74 Å². The maximum absolute atomic E-state index is 13.5. The number of carbonyl (C=O) groups is 2. The van der Waals surface area contributed by atoms with Crippen LogP contribution in [0.25, 0.3) is 0 Å². The van der Waals surface area contributed by atoms with E-state index in [0.717, 1.165) is 30.6 Å². The van der Waals surface area contributed by atoms with Gasteiger partial charge >= 0.3 is 0 Å². The molecule has 2 aliphatic heterocycles. The van der Waals surface area contributed by atoms with Crippen molar-refractivity contribution in [3.05, 3.63) is 65.7 Å². The topological polar surface area (TPSA) is 61.9 Å². The van der Waals surface area contributed by atoms with E-state index in [1.807, 2.05) is 47.4 Å². The summed E-state index contributed by atoms with van der Waals surface area (Å²) in [5.74, 6) is 0.947. The third kappa shape index (κ3) is 4.24. The van der Waals surface area contributed by atoms with Gasteiger partial charge in [-0.05, 0) is 49.6 Å². The molecule has 0 unspecified atom stereocenters. The highest BCUT2D eigenvalue weighted by Crippen LogP contribution is 2.36. The summed E-state index contributed by atoms with van der Waals surface area (Å²) in [7, 11) is 1.62. The summed E-state index contributed by atoms with van der Waals surface area (Å²) in [4.78, 5) is 30.5. The molecule has 32 heavy (non-hydrogen) atoms. The van der Waals surface area contributed by atoms with Crippen molar-refractivity contribution in [1.29, 1.82) is 0 Å². The van der Waals surface area contributed by atoms with E-state index < -0.39 is 0 Å². The van der Waals surface area contributed by atoms with Crippen molar-refractivity contribution in [2.75, 3.05) is 20.2 Å². The van der Waals surface area contributed by atoms with Crippen LogP contribution in [-0.4, -0.2) is 59.6 Å². The predicted molar refractivity (Wildman–Crippen MR) is 125 cm³/mol. The van der Waals surface area contributed by atoms with Crippen molar-refractivity contribution in [2.45, 2.75) is 57.3 Å². The van der Waals surface area contributed by atoms with Crippen LogP contribution in [0.2, 0.25) is 0 Å². The Kier molecular flexibility index (Phi) is 6.51. The lowest BCUT2D eigenvalue weighted by atomic mass is 9.93. The van der Waals surface area contributed by atoms with E-state index in [0.29, 0.717) is 25.1 Å². The third-order valence-electron chi connectivity index (χ3n) is 6.97. The number of hydrogen-bond acceptors (Lipinski definition) is 4. The van der Waals surface area contributed by atoms with Crippen LogP contribution in [0.4, 0.5) is 0 Å². The molecular weight excluding hydrogens is 402 g/mol. The Bertz CT molecular complexity index is 937. The van der Waals surface area contributed by atoms with Crippen molar-refractivity contribution in [1.82, 2.24) is 15.1 Å². The molecule has 2 saturated heterocycles. The van der Waals surface area contributed by atoms with Gasteiger partial charge in [0, 0.05) is 37.5 Å². The van der Waals surface area contributed by atoms with Crippen molar-refractivity contribution in [3.63, 3.8) is 0 Å². The highest BCUT2D eigenvalue weighted by Gasteiger charge is 2.52. The molecule has 4 rings (SSSR count). The summed E-state index contributed by atoms with van der Waals surface area (Å²) in [6.45, 7) is 5.49. The second kappa shape index (κ2) is 9.33. The summed E-state index contributed by atoms with van der Waals surface area (Å²) in [6.07, 6.45) is 3.05. The van der Waals surface area contributed by atoms with Crippen LogP contribution in [0.5, 0.6) is 5.75 Å². The van der Waals surface area contributed by atoms with Crippen LogP contribution >= 0.6 is 0 Å². The van der Waals surface area contributed by atoms with E-state index in [-0.39, 0.29) is 29.6 Å². The Morgan fingerprint density at radius 1 is 1.12 bits per heavy atom. The largest absolute Gasteiger partial charge is 0.497 e. The molecule has 170 valence electrons. The van der Waals surface area contributed by atoms with E-state index in [1.54, 1.807) is 7.11 Å². The summed E-state index contributed by atoms with van der Waals surface area (Å²) in [6, 6.07) is 17.3. The second-order valence-corrected chi connectivity index (χ2v) is 8.90. The number of nitrogens with one attached hydrogen (secondary N) is 1. The summed E-state index contributed by atoms with van der Waals surface area (Å²) < 4.78 is 5.19. The van der Waals surface area contributed by atoms with E-state index in [2.05, 4.69) is 36.2 Å². The number of amides is 2. The molecule has 2 aromatic carbocycles. The quantitative estimate of drug-likeness (QED) is 0.755. The lowest BCUT2D eigenvalue weighted by Gasteiger charge is -2.46. The molecule has 2 fully saturated rings. The fourth-order valence-electron chi connectivity index (χ4n) is 5.03. The molecule has 1 spiro atoms. The number of likely N-dealkylation sites (tertiary alicyclic amines) is 1. The van der Waals surface area contributed by atoms with Gasteiger partial charge in [-0.3, -0.25) is 14.9 Å². The number of ether oxygens (including phenoxy) is 1. The van der Waals surface area contributed by atoms with E-state index in [1.165, 1.54) is 0 Å². The molecule has 2 aromatic rings. The maximum Gasteiger partial charge on any atom is 0.253 e. The number of methoxy groups -OCH3 is 1. The Morgan fingerprint density at radius 3 is 2.38 bits per heavy atom. The predicted octanol–water partition coefficient (Wildman–Crippen LogP) is 3.47.